The van der Waals surface area contributed by atoms with Gasteiger partial charge in [-0.3, -0.25) is 24.6 Å². The van der Waals surface area contributed by atoms with Crippen LogP contribution < -0.4 is 8.92 Å². The number of ether oxygens (including phenoxy) is 1. The van der Waals surface area contributed by atoms with Gasteiger partial charge in [-0.05, 0) is 53.7 Å². The second-order valence-corrected chi connectivity index (χ2v) is 10.4. The number of hydrogen-bond acceptors (Lipinski definition) is 9. The molecule has 0 bridgehead atoms. The van der Waals surface area contributed by atoms with Crippen LogP contribution >= 0.6 is 23.4 Å². The van der Waals surface area contributed by atoms with E-state index < -0.39 is 26.2 Å². The topological polar surface area (TPSA) is 133 Å². The van der Waals surface area contributed by atoms with Crippen molar-refractivity contribution < 1.29 is 31.9 Å². The van der Waals surface area contributed by atoms with E-state index in [1.54, 1.807) is 24.3 Å². The summed E-state index contributed by atoms with van der Waals surface area (Å²) >= 11 is 6.81. The predicted octanol–water partition coefficient (Wildman–Crippen LogP) is 5.13. The number of imide groups is 1. The van der Waals surface area contributed by atoms with Gasteiger partial charge in [0.1, 0.15) is 23.0 Å². The molecule has 0 unspecified atom stereocenters. The molecule has 190 valence electrons. The number of benzene rings is 3. The zero-order valence-corrected chi connectivity index (χ0v) is 21.2. The van der Waals surface area contributed by atoms with Crippen molar-refractivity contribution in [3.63, 3.8) is 0 Å². The Labute approximate surface area is 220 Å². The number of hydrogen-bond donors (Lipinski definition) is 0. The Hall–Kier alpha value is -3.87. The van der Waals surface area contributed by atoms with Crippen LogP contribution in [0.4, 0.5) is 10.5 Å². The third-order valence-corrected chi connectivity index (χ3v) is 7.45. The summed E-state index contributed by atoms with van der Waals surface area (Å²) < 4.78 is 35.6. The SMILES string of the molecule is O=C1S/C(=C\c2ccc(OS(=O)(=O)c3cccc([N+](=O)[O-])c3)cc2)C(=O)N1CCOc1ccccc1Cl. The number of nitro groups is 1. The predicted molar refractivity (Wildman–Crippen MR) is 137 cm³/mol. The van der Waals surface area contributed by atoms with Gasteiger partial charge in [0.15, 0.2) is 0 Å². The lowest BCUT2D eigenvalue weighted by Gasteiger charge is -2.13. The van der Waals surface area contributed by atoms with Gasteiger partial charge in [0.25, 0.3) is 16.8 Å². The number of nitro benzene ring substituents is 1. The molecule has 0 saturated carbocycles. The monoisotopic (exact) mass is 560 g/mol. The van der Waals surface area contributed by atoms with Crippen molar-refractivity contribution in [1.29, 1.82) is 0 Å². The summed E-state index contributed by atoms with van der Waals surface area (Å²) in [5, 5.41) is 10.9. The molecule has 1 aliphatic heterocycles. The van der Waals surface area contributed by atoms with Crippen molar-refractivity contribution >= 4 is 56.4 Å². The first kappa shape index (κ1) is 26.2. The molecule has 0 radical (unpaired) electrons. The average molecular weight is 561 g/mol. The molecule has 0 aliphatic carbocycles. The van der Waals surface area contributed by atoms with E-state index in [4.69, 9.17) is 20.5 Å². The lowest BCUT2D eigenvalue weighted by Crippen LogP contribution is -2.32. The summed E-state index contributed by atoms with van der Waals surface area (Å²) in [4.78, 5) is 36.1. The highest BCUT2D eigenvalue weighted by Crippen LogP contribution is 2.33. The Kier molecular flexibility index (Phi) is 7.81. The quantitative estimate of drug-likeness (QED) is 0.151. The second kappa shape index (κ2) is 11.0. The van der Waals surface area contributed by atoms with E-state index in [0.29, 0.717) is 16.3 Å². The lowest BCUT2D eigenvalue weighted by atomic mass is 10.2. The highest BCUT2D eigenvalue weighted by atomic mass is 35.5. The van der Waals surface area contributed by atoms with Crippen molar-refractivity contribution in [3.05, 3.63) is 98.4 Å². The van der Waals surface area contributed by atoms with E-state index in [0.717, 1.165) is 22.7 Å². The molecule has 13 heteroatoms. The number of halogens is 1. The van der Waals surface area contributed by atoms with E-state index in [2.05, 4.69) is 0 Å². The molecule has 3 aromatic carbocycles. The minimum absolute atomic E-state index is 0.0338. The number of rotatable bonds is 9. The van der Waals surface area contributed by atoms with Gasteiger partial charge in [0.05, 0.1) is 21.4 Å². The summed E-state index contributed by atoms with van der Waals surface area (Å²) in [6.07, 6.45) is 1.50. The number of para-hydroxylation sites is 1. The number of non-ortho nitro benzene ring substituents is 1. The Balaban J connectivity index is 1.40. The smallest absolute Gasteiger partial charge is 0.339 e. The van der Waals surface area contributed by atoms with Gasteiger partial charge in [-0.2, -0.15) is 8.42 Å². The van der Waals surface area contributed by atoms with Crippen LogP contribution in [-0.4, -0.2) is 42.5 Å². The first-order valence-electron chi connectivity index (χ1n) is 10.6. The molecule has 1 heterocycles. The first-order chi connectivity index (χ1) is 17.6. The number of thioether (sulfide) groups is 1. The van der Waals surface area contributed by atoms with Crippen molar-refractivity contribution in [2.24, 2.45) is 0 Å². The highest BCUT2D eigenvalue weighted by molar-refractivity contribution is 8.18. The number of nitrogens with zero attached hydrogens (tertiary/aromatic N) is 2. The van der Waals surface area contributed by atoms with E-state index >= 15 is 0 Å². The minimum atomic E-state index is -4.31. The van der Waals surface area contributed by atoms with Crippen LogP contribution in [0.2, 0.25) is 5.02 Å². The maximum Gasteiger partial charge on any atom is 0.339 e. The van der Waals surface area contributed by atoms with Crippen LogP contribution in [0.25, 0.3) is 6.08 Å². The Bertz CT molecular complexity index is 1510. The maximum atomic E-state index is 12.7. The lowest BCUT2D eigenvalue weighted by molar-refractivity contribution is -0.385. The van der Waals surface area contributed by atoms with Crippen molar-refractivity contribution in [2.45, 2.75) is 4.90 Å². The van der Waals surface area contributed by atoms with Crippen molar-refractivity contribution in [2.75, 3.05) is 13.2 Å². The van der Waals surface area contributed by atoms with Gasteiger partial charge in [-0.25, -0.2) is 0 Å². The van der Waals surface area contributed by atoms with Crippen LogP contribution in [0.5, 0.6) is 11.5 Å². The van der Waals surface area contributed by atoms with Crippen LogP contribution in [0.3, 0.4) is 0 Å². The number of amides is 2. The molecule has 1 aliphatic rings. The Morgan fingerprint density at radius 1 is 1.03 bits per heavy atom. The molecule has 0 spiro atoms. The average Bonchev–Trinajstić information content (AvgIpc) is 3.13. The van der Waals surface area contributed by atoms with Gasteiger partial charge >= 0.3 is 10.1 Å². The Morgan fingerprint density at radius 3 is 2.46 bits per heavy atom. The molecule has 0 aromatic heterocycles. The van der Waals surface area contributed by atoms with Gasteiger partial charge in [0.2, 0.25) is 0 Å². The van der Waals surface area contributed by atoms with Crippen LogP contribution in [0.15, 0.2) is 82.6 Å². The Morgan fingerprint density at radius 2 is 1.76 bits per heavy atom. The number of carbonyl (C=O) groups excluding carboxylic acids is 2. The fraction of sp³-hybridized carbons (Fsp3) is 0.0833. The molecule has 3 aromatic rings. The fourth-order valence-electron chi connectivity index (χ4n) is 3.20. The van der Waals surface area contributed by atoms with Crippen LogP contribution in [0.1, 0.15) is 5.56 Å². The molecule has 4 rings (SSSR count). The number of carbonyl (C=O) groups is 2. The zero-order chi connectivity index (χ0) is 26.6. The van der Waals surface area contributed by atoms with E-state index in [1.165, 1.54) is 48.5 Å². The molecule has 1 saturated heterocycles. The maximum absolute atomic E-state index is 12.7. The molecule has 10 nitrogen and oxygen atoms in total. The summed E-state index contributed by atoms with van der Waals surface area (Å²) in [6, 6.07) is 17.1. The first-order valence-corrected chi connectivity index (χ1v) is 13.2. The van der Waals surface area contributed by atoms with Crippen molar-refractivity contribution in [1.82, 2.24) is 4.90 Å². The summed E-state index contributed by atoms with van der Waals surface area (Å²) in [7, 11) is -4.31. The molecular formula is C24H17ClN2O8S2. The molecule has 0 atom stereocenters. The minimum Gasteiger partial charge on any atom is -0.490 e. The van der Waals surface area contributed by atoms with Gasteiger partial charge in [0, 0.05) is 12.1 Å². The fourth-order valence-corrected chi connectivity index (χ4v) is 5.23. The second-order valence-electron chi connectivity index (χ2n) is 7.47. The van der Waals surface area contributed by atoms with Gasteiger partial charge < -0.3 is 8.92 Å². The van der Waals surface area contributed by atoms with E-state index in [1.807, 2.05) is 0 Å². The molecular weight excluding hydrogens is 544 g/mol. The standard InChI is InChI=1S/C24H17ClN2O8S2/c25-20-6-1-2-7-21(20)34-13-12-26-23(28)22(36-24(26)29)14-16-8-10-18(11-9-16)35-37(32,33)19-5-3-4-17(15-19)27(30)31/h1-11,14-15H,12-13H2/b22-14-. The van der Waals surface area contributed by atoms with Crippen LogP contribution in [0, 0.1) is 10.1 Å². The summed E-state index contributed by atoms with van der Waals surface area (Å²) in [5.41, 5.74) is 0.141. The normalized spacial score (nSPS) is 14.7. The largest absolute Gasteiger partial charge is 0.490 e. The molecule has 37 heavy (non-hydrogen) atoms. The van der Waals surface area contributed by atoms with E-state index in [9.17, 15) is 28.1 Å². The zero-order valence-electron chi connectivity index (χ0n) is 18.8. The summed E-state index contributed by atoms with van der Waals surface area (Å²) in [6.45, 7) is 0.107. The molecule has 0 N–H and O–H groups in total. The summed E-state index contributed by atoms with van der Waals surface area (Å²) in [5.74, 6) is -0.0682. The third-order valence-electron chi connectivity index (χ3n) is 4.98. The van der Waals surface area contributed by atoms with Crippen molar-refractivity contribution in [3.8, 4) is 11.5 Å². The molecule has 1 fully saturated rings. The highest BCUT2D eigenvalue weighted by Gasteiger charge is 2.34. The van der Waals surface area contributed by atoms with Gasteiger partial charge in [-0.15, -0.1) is 0 Å². The van der Waals surface area contributed by atoms with E-state index in [-0.39, 0.29) is 34.4 Å². The van der Waals surface area contributed by atoms with Crippen LogP contribution in [-0.2, 0) is 14.9 Å². The van der Waals surface area contributed by atoms with Gasteiger partial charge in [-0.1, -0.05) is 41.9 Å². The molecule has 2 amide bonds. The third kappa shape index (κ3) is 6.28.